The third-order valence-electron chi connectivity index (χ3n) is 5.65. The quantitative estimate of drug-likeness (QED) is 0.392. The molecule has 0 fully saturated rings. The summed E-state index contributed by atoms with van der Waals surface area (Å²) in [6.45, 7) is 14.9. The predicted molar refractivity (Wildman–Crippen MR) is 121 cm³/mol. The maximum Gasteiger partial charge on any atom is 0.192 e. The molecule has 1 radical (unpaired) electrons. The average molecular weight is 452 g/mol. The van der Waals surface area contributed by atoms with Crippen LogP contribution in [0.4, 0.5) is 8.78 Å². The van der Waals surface area contributed by atoms with Crippen LogP contribution in [0.1, 0.15) is 31.9 Å². The standard InChI is InChI=1S/C23H29F2O3SSi/c1-16(17-8-11-19(12-9-17)29(5,26)27)20(15-28-30(6,7)23(2,3)4)18-10-13-21(24)22(25)14-18/h8-14H,1,15H2,2-7H3/b20-16-. The van der Waals surface area contributed by atoms with Gasteiger partial charge in [0, 0.05) is 6.26 Å². The first-order valence-electron chi connectivity index (χ1n) is 9.58. The van der Waals surface area contributed by atoms with Crippen molar-refractivity contribution in [3.63, 3.8) is 0 Å². The van der Waals surface area contributed by atoms with Crippen LogP contribution in [0.5, 0.6) is 0 Å². The molecule has 3 nitrogen and oxygen atoms in total. The molecule has 0 aromatic heterocycles. The van der Waals surface area contributed by atoms with Crippen LogP contribution in [-0.2, 0) is 14.3 Å². The van der Waals surface area contributed by atoms with Crippen molar-refractivity contribution in [1.82, 2.24) is 0 Å². The molecule has 2 rings (SSSR count). The molecule has 0 atom stereocenters. The number of hydrogen-bond donors (Lipinski definition) is 0. The van der Waals surface area contributed by atoms with Crippen molar-refractivity contribution in [1.29, 1.82) is 0 Å². The Labute approximate surface area is 179 Å². The van der Waals surface area contributed by atoms with E-state index in [4.69, 9.17) is 4.43 Å². The lowest BCUT2D eigenvalue weighted by atomic mass is 9.96. The summed E-state index contributed by atoms with van der Waals surface area (Å²) >= 11 is 0. The van der Waals surface area contributed by atoms with Gasteiger partial charge in [0.15, 0.2) is 29.8 Å². The molecule has 2 aromatic rings. The molecule has 0 aliphatic carbocycles. The van der Waals surface area contributed by atoms with E-state index in [-0.39, 0.29) is 16.5 Å². The maximum atomic E-state index is 13.9. The summed E-state index contributed by atoms with van der Waals surface area (Å²) < 4.78 is 57.2. The van der Waals surface area contributed by atoms with Gasteiger partial charge in [-0.25, -0.2) is 17.2 Å². The minimum absolute atomic E-state index is 0.0232. The smallest absolute Gasteiger partial charge is 0.192 e. The molecule has 163 valence electrons. The van der Waals surface area contributed by atoms with Gasteiger partial charge in [0.2, 0.25) is 0 Å². The van der Waals surface area contributed by atoms with Gasteiger partial charge in [0.05, 0.1) is 11.5 Å². The summed E-state index contributed by atoms with van der Waals surface area (Å²) in [5.74, 6) is -1.87. The number of hydrogen-bond acceptors (Lipinski definition) is 3. The summed E-state index contributed by atoms with van der Waals surface area (Å²) in [6, 6.07) is 10.0. The first-order chi connectivity index (χ1) is 13.6. The highest BCUT2D eigenvalue weighted by molar-refractivity contribution is 7.90. The van der Waals surface area contributed by atoms with Gasteiger partial charge in [-0.2, -0.15) is 0 Å². The van der Waals surface area contributed by atoms with E-state index in [0.29, 0.717) is 22.3 Å². The lowest BCUT2D eigenvalue weighted by molar-refractivity contribution is 0.334. The Balaban J connectivity index is 2.54. The van der Waals surface area contributed by atoms with Gasteiger partial charge >= 0.3 is 0 Å². The molecule has 0 spiro atoms. The third-order valence-corrected chi connectivity index (χ3v) is 11.3. The van der Waals surface area contributed by atoms with Crippen molar-refractivity contribution in [3.05, 3.63) is 72.1 Å². The largest absolute Gasteiger partial charge is 0.413 e. The molecular formula is C23H29F2O3SSi. The fourth-order valence-electron chi connectivity index (χ4n) is 2.58. The van der Waals surface area contributed by atoms with Crippen LogP contribution in [0.15, 0.2) is 47.4 Å². The van der Waals surface area contributed by atoms with E-state index in [0.717, 1.165) is 18.4 Å². The highest BCUT2D eigenvalue weighted by Gasteiger charge is 2.37. The van der Waals surface area contributed by atoms with E-state index >= 15 is 0 Å². The summed E-state index contributed by atoms with van der Waals surface area (Å²) in [6.07, 6.45) is 1.14. The Morgan fingerprint density at radius 2 is 1.53 bits per heavy atom. The highest BCUT2D eigenvalue weighted by atomic mass is 32.2. The number of halogens is 2. The molecule has 0 amide bonds. The molecule has 0 heterocycles. The molecule has 0 aliphatic heterocycles. The number of allylic oxidation sites excluding steroid dienone is 1. The molecule has 30 heavy (non-hydrogen) atoms. The molecular weight excluding hydrogens is 422 g/mol. The van der Waals surface area contributed by atoms with Gasteiger partial charge in [0.25, 0.3) is 0 Å². The van der Waals surface area contributed by atoms with Gasteiger partial charge in [0.1, 0.15) is 0 Å². The monoisotopic (exact) mass is 451 g/mol. The van der Waals surface area contributed by atoms with Crippen LogP contribution in [-0.4, -0.2) is 29.6 Å². The van der Waals surface area contributed by atoms with E-state index in [9.17, 15) is 17.2 Å². The van der Waals surface area contributed by atoms with Crippen LogP contribution in [0.25, 0.3) is 11.1 Å². The predicted octanol–water partition coefficient (Wildman–Crippen LogP) is 6.13. The molecule has 0 saturated carbocycles. The zero-order valence-corrected chi connectivity index (χ0v) is 20.2. The molecule has 0 unspecified atom stereocenters. The number of benzene rings is 2. The summed E-state index contributed by atoms with van der Waals surface area (Å²) in [4.78, 5) is 0.200. The third kappa shape index (κ3) is 5.65. The van der Waals surface area contributed by atoms with E-state index in [1.54, 1.807) is 12.1 Å². The summed E-state index contributed by atoms with van der Waals surface area (Å²) in [5.41, 5.74) is 2.36. The highest BCUT2D eigenvalue weighted by Crippen LogP contribution is 2.38. The van der Waals surface area contributed by atoms with Crippen molar-refractivity contribution in [2.75, 3.05) is 12.9 Å². The van der Waals surface area contributed by atoms with E-state index in [1.807, 2.05) is 0 Å². The van der Waals surface area contributed by atoms with Gasteiger partial charge in [-0.05, 0) is 71.6 Å². The molecule has 0 N–H and O–H groups in total. The van der Waals surface area contributed by atoms with Crippen molar-refractivity contribution in [3.8, 4) is 0 Å². The minimum Gasteiger partial charge on any atom is -0.413 e. The Morgan fingerprint density at radius 3 is 2.00 bits per heavy atom. The SMILES string of the molecule is [CH2]/C(=C(\CO[Si](C)(C)C(C)(C)C)c1ccc(F)c(F)c1)c1ccc(S(C)(=O)=O)cc1. The van der Waals surface area contributed by atoms with Crippen LogP contribution in [0.3, 0.4) is 0 Å². The van der Waals surface area contributed by atoms with Crippen molar-refractivity contribution >= 4 is 29.3 Å². The fourth-order valence-corrected chi connectivity index (χ4v) is 4.14. The molecule has 0 bridgehead atoms. The molecule has 2 aromatic carbocycles. The van der Waals surface area contributed by atoms with Crippen molar-refractivity contribution < 1.29 is 21.6 Å². The van der Waals surface area contributed by atoms with Crippen LogP contribution in [0.2, 0.25) is 18.1 Å². The lowest BCUT2D eigenvalue weighted by Crippen LogP contribution is -2.41. The molecule has 0 aliphatic rings. The Hall–Kier alpha value is -1.83. The zero-order chi connectivity index (χ0) is 22.9. The molecule has 7 heteroatoms. The first-order valence-corrected chi connectivity index (χ1v) is 14.4. The van der Waals surface area contributed by atoms with Gasteiger partial charge in [-0.1, -0.05) is 39.0 Å². The normalized spacial score (nSPS) is 13.9. The second kappa shape index (κ2) is 8.73. The van der Waals surface area contributed by atoms with Crippen molar-refractivity contribution in [2.24, 2.45) is 0 Å². The van der Waals surface area contributed by atoms with Crippen LogP contribution in [0, 0.1) is 18.6 Å². The first kappa shape index (κ1) is 24.4. The average Bonchev–Trinajstić information content (AvgIpc) is 2.63. The zero-order valence-electron chi connectivity index (χ0n) is 18.3. The Bertz CT molecular complexity index is 1050. The van der Waals surface area contributed by atoms with E-state index in [1.165, 1.54) is 18.2 Å². The van der Waals surface area contributed by atoms with E-state index < -0.39 is 29.8 Å². The van der Waals surface area contributed by atoms with Crippen LogP contribution < -0.4 is 0 Å². The van der Waals surface area contributed by atoms with Gasteiger partial charge < -0.3 is 4.43 Å². The number of sulfone groups is 1. The minimum atomic E-state index is -3.32. The maximum absolute atomic E-state index is 13.9. The second-order valence-corrected chi connectivity index (χ2v) is 15.8. The summed E-state index contributed by atoms with van der Waals surface area (Å²) in [7, 11) is -5.44. The Morgan fingerprint density at radius 1 is 1.00 bits per heavy atom. The second-order valence-electron chi connectivity index (χ2n) is 8.93. The Kier molecular flexibility index (Phi) is 7.11. The fraction of sp³-hybridized carbons (Fsp3) is 0.348. The number of rotatable bonds is 6. The van der Waals surface area contributed by atoms with E-state index in [2.05, 4.69) is 40.8 Å². The van der Waals surface area contributed by atoms with Gasteiger partial charge in [-0.15, -0.1) is 0 Å². The molecule has 0 saturated heterocycles. The summed E-state index contributed by atoms with van der Waals surface area (Å²) in [5, 5.41) is -0.0232. The lowest BCUT2D eigenvalue weighted by Gasteiger charge is -2.36. The van der Waals surface area contributed by atoms with Crippen molar-refractivity contribution in [2.45, 2.75) is 43.8 Å². The topological polar surface area (TPSA) is 43.4 Å². The van der Waals surface area contributed by atoms with Gasteiger partial charge in [-0.3, -0.25) is 0 Å². The van der Waals surface area contributed by atoms with Crippen LogP contribution >= 0.6 is 0 Å².